The van der Waals surface area contributed by atoms with E-state index in [-0.39, 0.29) is 0 Å². The molecule has 2 rings (SSSR count). The molecule has 0 aromatic rings. The van der Waals surface area contributed by atoms with Gasteiger partial charge in [0.15, 0.2) is 0 Å². The molecule has 2 unspecified atom stereocenters. The van der Waals surface area contributed by atoms with Crippen molar-refractivity contribution in [2.24, 2.45) is 5.92 Å². The minimum atomic E-state index is 0.761. The zero-order valence-corrected chi connectivity index (χ0v) is 11.8. The van der Waals surface area contributed by atoms with Gasteiger partial charge in [0.2, 0.25) is 0 Å². The lowest BCUT2D eigenvalue weighted by Crippen LogP contribution is -2.52. The van der Waals surface area contributed by atoms with E-state index in [4.69, 9.17) is 0 Å². The average Bonchev–Trinajstić information content (AvgIpc) is 2.39. The van der Waals surface area contributed by atoms with Crippen molar-refractivity contribution in [1.82, 2.24) is 10.2 Å². The third-order valence-electron chi connectivity index (χ3n) is 4.71. The molecule has 0 aromatic heterocycles. The number of hydrogen-bond donors (Lipinski definition) is 1. The Balaban J connectivity index is 1.81. The number of nitrogens with zero attached hydrogens (tertiary/aromatic N) is 1. The quantitative estimate of drug-likeness (QED) is 0.810. The van der Waals surface area contributed by atoms with Gasteiger partial charge < -0.3 is 10.2 Å². The van der Waals surface area contributed by atoms with E-state index in [1.807, 2.05) is 0 Å². The van der Waals surface area contributed by atoms with Crippen LogP contribution in [0.15, 0.2) is 0 Å². The molecule has 0 bridgehead atoms. The molecule has 100 valence electrons. The van der Waals surface area contributed by atoms with Gasteiger partial charge in [-0.25, -0.2) is 0 Å². The van der Waals surface area contributed by atoms with Gasteiger partial charge in [-0.1, -0.05) is 39.5 Å². The molecular formula is C15H30N2. The van der Waals surface area contributed by atoms with Crippen LogP contribution in [0.2, 0.25) is 0 Å². The molecule has 2 atom stereocenters. The van der Waals surface area contributed by atoms with Crippen LogP contribution in [0.5, 0.6) is 0 Å². The van der Waals surface area contributed by atoms with E-state index in [9.17, 15) is 0 Å². The second-order valence-corrected chi connectivity index (χ2v) is 6.06. The van der Waals surface area contributed by atoms with Gasteiger partial charge in [0.05, 0.1) is 0 Å². The predicted molar refractivity (Wildman–Crippen MR) is 74.3 cm³/mol. The van der Waals surface area contributed by atoms with Crippen LogP contribution >= 0.6 is 0 Å². The Morgan fingerprint density at radius 1 is 1.00 bits per heavy atom. The molecule has 1 heterocycles. The van der Waals surface area contributed by atoms with Crippen molar-refractivity contribution >= 4 is 0 Å². The maximum atomic E-state index is 3.94. The summed E-state index contributed by atoms with van der Waals surface area (Å²) in [5.74, 6) is 0.921. The highest BCUT2D eigenvalue weighted by Crippen LogP contribution is 2.23. The number of likely N-dealkylation sites (N-methyl/N-ethyl adjacent to an activating group) is 1. The second-order valence-electron chi connectivity index (χ2n) is 6.06. The van der Waals surface area contributed by atoms with Crippen LogP contribution in [-0.2, 0) is 0 Å². The summed E-state index contributed by atoms with van der Waals surface area (Å²) in [5.41, 5.74) is 0. The zero-order chi connectivity index (χ0) is 12.1. The first-order chi connectivity index (χ1) is 8.31. The normalized spacial score (nSPS) is 32.8. The van der Waals surface area contributed by atoms with Gasteiger partial charge in [0.1, 0.15) is 0 Å². The van der Waals surface area contributed by atoms with Gasteiger partial charge in [0.25, 0.3) is 0 Å². The van der Waals surface area contributed by atoms with E-state index >= 15 is 0 Å². The largest absolute Gasteiger partial charge is 0.310 e. The van der Waals surface area contributed by atoms with Crippen molar-refractivity contribution in [3.8, 4) is 0 Å². The van der Waals surface area contributed by atoms with Crippen molar-refractivity contribution in [3.05, 3.63) is 0 Å². The fourth-order valence-electron chi connectivity index (χ4n) is 3.58. The van der Waals surface area contributed by atoms with Crippen LogP contribution in [0.25, 0.3) is 0 Å². The van der Waals surface area contributed by atoms with E-state index in [1.54, 1.807) is 0 Å². The third kappa shape index (κ3) is 3.96. The highest BCUT2D eigenvalue weighted by Gasteiger charge is 2.27. The lowest BCUT2D eigenvalue weighted by atomic mass is 9.89. The summed E-state index contributed by atoms with van der Waals surface area (Å²) < 4.78 is 0. The smallest absolute Gasteiger partial charge is 0.0200 e. The van der Waals surface area contributed by atoms with Crippen LogP contribution in [0.4, 0.5) is 0 Å². The van der Waals surface area contributed by atoms with Crippen molar-refractivity contribution < 1.29 is 0 Å². The predicted octanol–water partition coefficient (Wildman–Crippen LogP) is 3.03. The number of likely N-dealkylation sites (tertiary alicyclic amines) is 1. The van der Waals surface area contributed by atoms with Gasteiger partial charge in [-0.2, -0.15) is 0 Å². The molecule has 0 amide bonds. The number of hydrogen-bond acceptors (Lipinski definition) is 2. The van der Waals surface area contributed by atoms with Gasteiger partial charge in [-0.15, -0.1) is 0 Å². The molecule has 2 heteroatoms. The molecule has 2 fully saturated rings. The fourth-order valence-corrected chi connectivity index (χ4v) is 3.58. The van der Waals surface area contributed by atoms with E-state index in [0.29, 0.717) is 0 Å². The van der Waals surface area contributed by atoms with Gasteiger partial charge in [-0.05, 0) is 31.7 Å². The van der Waals surface area contributed by atoms with E-state index in [0.717, 1.165) is 18.0 Å². The Kier molecular flexibility index (Phi) is 5.30. The second kappa shape index (κ2) is 6.75. The number of rotatable bonds is 4. The van der Waals surface area contributed by atoms with Crippen LogP contribution in [0.1, 0.15) is 58.8 Å². The number of nitrogens with one attached hydrogen (secondary N) is 1. The van der Waals surface area contributed by atoms with Crippen molar-refractivity contribution in [2.45, 2.75) is 70.9 Å². The summed E-state index contributed by atoms with van der Waals surface area (Å²) in [4.78, 5) is 2.64. The summed E-state index contributed by atoms with van der Waals surface area (Å²) in [7, 11) is 0. The topological polar surface area (TPSA) is 15.3 Å². The molecule has 2 nitrogen and oxygen atoms in total. The summed E-state index contributed by atoms with van der Waals surface area (Å²) in [5, 5.41) is 3.94. The molecule has 1 aliphatic carbocycles. The molecule has 1 N–H and O–H groups in total. The Morgan fingerprint density at radius 2 is 1.76 bits per heavy atom. The fraction of sp³-hybridized carbons (Fsp3) is 1.00. The monoisotopic (exact) mass is 238 g/mol. The van der Waals surface area contributed by atoms with Crippen molar-refractivity contribution in [2.75, 3.05) is 19.6 Å². The van der Waals surface area contributed by atoms with Gasteiger partial charge >= 0.3 is 0 Å². The first-order valence-electron chi connectivity index (χ1n) is 7.80. The first kappa shape index (κ1) is 13.4. The van der Waals surface area contributed by atoms with E-state index in [1.165, 1.54) is 64.6 Å². The molecular weight excluding hydrogens is 208 g/mol. The number of piperidine rings is 1. The Labute approximate surface area is 107 Å². The molecule has 0 aromatic carbocycles. The van der Waals surface area contributed by atoms with Gasteiger partial charge in [-0.3, -0.25) is 0 Å². The summed E-state index contributed by atoms with van der Waals surface area (Å²) >= 11 is 0. The first-order valence-corrected chi connectivity index (χ1v) is 7.80. The molecule has 1 aliphatic heterocycles. The standard InChI is InChI=1S/C15H30N2/c1-3-13-10-15(12-17(4-2)11-13)16-14-8-6-5-7-9-14/h13-16H,3-12H2,1-2H3. The molecule has 2 aliphatic rings. The molecule has 1 saturated heterocycles. The maximum absolute atomic E-state index is 3.94. The van der Waals surface area contributed by atoms with Crippen LogP contribution in [-0.4, -0.2) is 36.6 Å². The average molecular weight is 238 g/mol. The SMILES string of the molecule is CCC1CC(NC2CCCCC2)CN(CC)C1. The molecule has 17 heavy (non-hydrogen) atoms. The highest BCUT2D eigenvalue weighted by molar-refractivity contribution is 4.85. The lowest BCUT2D eigenvalue weighted by Gasteiger charge is -2.39. The van der Waals surface area contributed by atoms with Crippen LogP contribution in [0, 0.1) is 5.92 Å². The van der Waals surface area contributed by atoms with E-state index < -0.39 is 0 Å². The lowest BCUT2D eigenvalue weighted by molar-refractivity contribution is 0.133. The van der Waals surface area contributed by atoms with E-state index in [2.05, 4.69) is 24.1 Å². The minimum absolute atomic E-state index is 0.761. The molecule has 0 spiro atoms. The Bertz CT molecular complexity index is 199. The Hall–Kier alpha value is -0.0800. The maximum Gasteiger partial charge on any atom is 0.0200 e. The molecule has 0 radical (unpaired) electrons. The Morgan fingerprint density at radius 3 is 2.41 bits per heavy atom. The summed E-state index contributed by atoms with van der Waals surface area (Å²) in [6.45, 7) is 8.48. The van der Waals surface area contributed by atoms with Gasteiger partial charge in [0, 0.05) is 25.2 Å². The van der Waals surface area contributed by atoms with Crippen molar-refractivity contribution in [1.29, 1.82) is 0 Å². The molecule has 1 saturated carbocycles. The third-order valence-corrected chi connectivity index (χ3v) is 4.71. The van der Waals surface area contributed by atoms with Crippen LogP contribution < -0.4 is 5.32 Å². The summed E-state index contributed by atoms with van der Waals surface area (Å²) in [6, 6.07) is 1.58. The summed E-state index contributed by atoms with van der Waals surface area (Å²) in [6.07, 6.45) is 9.93. The van der Waals surface area contributed by atoms with Crippen molar-refractivity contribution in [3.63, 3.8) is 0 Å². The minimum Gasteiger partial charge on any atom is -0.310 e. The van der Waals surface area contributed by atoms with Crippen LogP contribution in [0.3, 0.4) is 0 Å². The zero-order valence-electron chi connectivity index (χ0n) is 11.8. The highest BCUT2D eigenvalue weighted by atomic mass is 15.2.